The molecule has 0 heterocycles. The van der Waals surface area contributed by atoms with Crippen molar-refractivity contribution in [1.29, 1.82) is 0 Å². The van der Waals surface area contributed by atoms with E-state index in [0.29, 0.717) is 0 Å². The van der Waals surface area contributed by atoms with E-state index in [0.717, 1.165) is 12.8 Å². The van der Waals surface area contributed by atoms with Crippen molar-refractivity contribution < 1.29 is 5.11 Å². The summed E-state index contributed by atoms with van der Waals surface area (Å²) in [7, 11) is 0. The monoisotopic (exact) mass is 137 g/mol. The van der Waals surface area contributed by atoms with Gasteiger partial charge in [-0.25, -0.2) is 0 Å². The highest BCUT2D eigenvalue weighted by atomic mass is 35.5. The first-order chi connectivity index (χ1) is 3.10. The van der Waals surface area contributed by atoms with E-state index in [9.17, 15) is 0 Å². The number of aliphatic hydroxyl groups is 1. The first kappa shape index (κ1) is 8.21. The van der Waals surface area contributed by atoms with E-state index in [-0.39, 0.29) is 24.0 Å². The number of hydrogen-bond donors (Lipinski definition) is 2. The molecule has 0 aromatic rings. The van der Waals surface area contributed by atoms with Crippen LogP contribution in [0.1, 0.15) is 19.8 Å². The molecule has 0 atom stereocenters. The van der Waals surface area contributed by atoms with E-state index in [4.69, 9.17) is 10.8 Å². The van der Waals surface area contributed by atoms with Gasteiger partial charge < -0.3 is 10.8 Å². The molecule has 0 aromatic heterocycles. The Kier molecular flexibility index (Phi) is 2.27. The molecule has 0 aromatic carbocycles. The minimum absolute atomic E-state index is 0. The van der Waals surface area contributed by atoms with E-state index >= 15 is 0 Å². The Bertz CT molecular complexity index is 76.5. The van der Waals surface area contributed by atoms with Gasteiger partial charge in [0.1, 0.15) is 0 Å². The first-order valence-corrected chi connectivity index (χ1v) is 2.57. The van der Waals surface area contributed by atoms with Crippen LogP contribution in [0.3, 0.4) is 0 Å². The smallest absolute Gasteiger partial charge is 0.0575 e. The Hall–Kier alpha value is 0.210. The Morgan fingerprint density at radius 3 is 2.00 bits per heavy atom. The van der Waals surface area contributed by atoms with Crippen molar-refractivity contribution in [3.05, 3.63) is 0 Å². The Balaban J connectivity index is 0.000000490. The fourth-order valence-electron chi connectivity index (χ4n) is 1.02. The van der Waals surface area contributed by atoms with Gasteiger partial charge in [0.05, 0.1) is 6.10 Å². The summed E-state index contributed by atoms with van der Waals surface area (Å²) in [5, 5.41) is 8.70. The van der Waals surface area contributed by atoms with Crippen molar-refractivity contribution in [3.8, 4) is 0 Å². The van der Waals surface area contributed by atoms with Crippen molar-refractivity contribution in [2.45, 2.75) is 31.4 Å². The van der Waals surface area contributed by atoms with Gasteiger partial charge in [0, 0.05) is 5.54 Å². The number of nitrogens with two attached hydrogens (primary N) is 1. The van der Waals surface area contributed by atoms with E-state index in [1.165, 1.54) is 0 Å². The van der Waals surface area contributed by atoms with Gasteiger partial charge in [-0.3, -0.25) is 0 Å². The third-order valence-corrected chi connectivity index (χ3v) is 1.40. The molecule has 2 nitrogen and oxygen atoms in total. The highest BCUT2D eigenvalue weighted by Gasteiger charge is 2.34. The molecule has 1 saturated carbocycles. The molecule has 0 aliphatic heterocycles. The van der Waals surface area contributed by atoms with Gasteiger partial charge in [-0.1, -0.05) is 0 Å². The van der Waals surface area contributed by atoms with E-state index in [1.54, 1.807) is 0 Å². The van der Waals surface area contributed by atoms with Crippen molar-refractivity contribution >= 4 is 12.4 Å². The van der Waals surface area contributed by atoms with E-state index < -0.39 is 0 Å². The number of halogens is 1. The van der Waals surface area contributed by atoms with Crippen LogP contribution in [0, 0.1) is 0 Å². The van der Waals surface area contributed by atoms with Crippen LogP contribution in [-0.2, 0) is 0 Å². The minimum atomic E-state index is -0.116. The van der Waals surface area contributed by atoms with Crippen LogP contribution in [0.4, 0.5) is 0 Å². The zero-order valence-corrected chi connectivity index (χ0v) is 5.74. The predicted octanol–water partition coefficient (Wildman–Crippen LogP) is 0.280. The van der Waals surface area contributed by atoms with Crippen LogP contribution in [0.15, 0.2) is 0 Å². The highest BCUT2D eigenvalue weighted by Crippen LogP contribution is 2.28. The standard InChI is InChI=1S/C5H11NO.ClH/c1-5(6)2-4(7)3-5;/h4,7H,2-3,6H2,1H3;1H. The lowest BCUT2D eigenvalue weighted by Crippen LogP contribution is -2.51. The summed E-state index contributed by atoms with van der Waals surface area (Å²) in [4.78, 5) is 0. The maximum Gasteiger partial charge on any atom is 0.0575 e. The lowest BCUT2D eigenvalue weighted by atomic mass is 9.77. The van der Waals surface area contributed by atoms with Crippen molar-refractivity contribution in [2.24, 2.45) is 5.73 Å². The molecule has 0 amide bonds. The summed E-state index contributed by atoms with van der Waals surface area (Å²) in [5.41, 5.74) is 5.50. The van der Waals surface area contributed by atoms with Gasteiger partial charge in [-0.2, -0.15) is 0 Å². The zero-order valence-electron chi connectivity index (χ0n) is 4.92. The summed E-state index contributed by atoms with van der Waals surface area (Å²) in [5.74, 6) is 0. The molecular formula is C5H12ClNO. The van der Waals surface area contributed by atoms with Crippen LogP contribution in [0.2, 0.25) is 0 Å². The lowest BCUT2D eigenvalue weighted by Gasteiger charge is -2.38. The number of aliphatic hydroxyl groups excluding tert-OH is 1. The molecule has 3 heteroatoms. The van der Waals surface area contributed by atoms with Crippen molar-refractivity contribution in [3.63, 3.8) is 0 Å². The van der Waals surface area contributed by atoms with Gasteiger partial charge >= 0.3 is 0 Å². The van der Waals surface area contributed by atoms with Crippen LogP contribution in [0.5, 0.6) is 0 Å². The number of hydrogen-bond acceptors (Lipinski definition) is 2. The molecule has 50 valence electrons. The maximum absolute atomic E-state index is 8.70. The van der Waals surface area contributed by atoms with Gasteiger partial charge in [-0.05, 0) is 19.8 Å². The minimum Gasteiger partial charge on any atom is -0.393 e. The Morgan fingerprint density at radius 1 is 1.62 bits per heavy atom. The summed E-state index contributed by atoms with van der Waals surface area (Å²) in [6, 6.07) is 0. The van der Waals surface area contributed by atoms with Crippen LogP contribution in [0.25, 0.3) is 0 Å². The molecule has 0 saturated heterocycles. The molecule has 8 heavy (non-hydrogen) atoms. The summed E-state index contributed by atoms with van der Waals surface area (Å²) >= 11 is 0. The van der Waals surface area contributed by atoms with Gasteiger partial charge in [0.2, 0.25) is 0 Å². The van der Waals surface area contributed by atoms with Gasteiger partial charge in [0.15, 0.2) is 0 Å². The molecular weight excluding hydrogens is 126 g/mol. The van der Waals surface area contributed by atoms with Crippen LogP contribution < -0.4 is 5.73 Å². The largest absolute Gasteiger partial charge is 0.393 e. The summed E-state index contributed by atoms with van der Waals surface area (Å²) < 4.78 is 0. The first-order valence-electron chi connectivity index (χ1n) is 2.57. The second-order valence-corrected chi connectivity index (χ2v) is 2.72. The molecule has 3 N–H and O–H groups in total. The molecule has 1 rings (SSSR count). The molecule has 0 radical (unpaired) electrons. The maximum atomic E-state index is 8.70. The van der Waals surface area contributed by atoms with Gasteiger partial charge in [-0.15, -0.1) is 12.4 Å². The Labute approximate surface area is 55.5 Å². The second kappa shape index (κ2) is 2.21. The van der Waals surface area contributed by atoms with Crippen LogP contribution in [-0.4, -0.2) is 16.7 Å². The zero-order chi connectivity index (χ0) is 5.49. The molecule has 0 spiro atoms. The molecule has 1 aliphatic rings. The highest BCUT2D eigenvalue weighted by molar-refractivity contribution is 5.85. The fourth-order valence-corrected chi connectivity index (χ4v) is 1.02. The molecule has 1 fully saturated rings. The summed E-state index contributed by atoms with van der Waals surface area (Å²) in [6.45, 7) is 1.96. The molecule has 1 aliphatic carbocycles. The fraction of sp³-hybridized carbons (Fsp3) is 1.00. The normalized spacial score (nSPS) is 44.6. The lowest BCUT2D eigenvalue weighted by molar-refractivity contribution is 0.0323. The Morgan fingerprint density at radius 2 is 2.00 bits per heavy atom. The average molecular weight is 138 g/mol. The van der Waals surface area contributed by atoms with Crippen molar-refractivity contribution in [1.82, 2.24) is 0 Å². The third-order valence-electron chi connectivity index (χ3n) is 1.40. The SMILES string of the molecule is CC1(N)CC(O)C1.Cl. The quantitative estimate of drug-likeness (QED) is 0.504. The van der Waals surface area contributed by atoms with E-state index in [2.05, 4.69) is 0 Å². The van der Waals surface area contributed by atoms with Crippen LogP contribution >= 0.6 is 12.4 Å². The third kappa shape index (κ3) is 1.62. The van der Waals surface area contributed by atoms with Crippen molar-refractivity contribution in [2.75, 3.05) is 0 Å². The molecule has 0 bridgehead atoms. The second-order valence-electron chi connectivity index (χ2n) is 2.72. The number of rotatable bonds is 0. The average Bonchev–Trinajstić information content (AvgIpc) is 1.27. The summed E-state index contributed by atoms with van der Waals surface area (Å²) in [6.07, 6.45) is 1.43. The van der Waals surface area contributed by atoms with Gasteiger partial charge in [0.25, 0.3) is 0 Å². The predicted molar refractivity (Wildman–Crippen MR) is 35.1 cm³/mol. The van der Waals surface area contributed by atoms with E-state index in [1.807, 2.05) is 6.92 Å². The molecule has 0 unspecified atom stereocenters. The topological polar surface area (TPSA) is 46.2 Å².